The SMILES string of the molecule is C=Cc1ccc(NCl)cc1. The molecule has 0 atom stereocenters. The van der Waals surface area contributed by atoms with E-state index in [1.54, 1.807) is 6.08 Å². The van der Waals surface area contributed by atoms with Crippen LogP contribution in [0.15, 0.2) is 30.8 Å². The van der Waals surface area contributed by atoms with Gasteiger partial charge in [0.2, 0.25) is 0 Å². The zero-order chi connectivity index (χ0) is 7.40. The van der Waals surface area contributed by atoms with E-state index < -0.39 is 0 Å². The van der Waals surface area contributed by atoms with Gasteiger partial charge in [-0.25, -0.2) is 0 Å². The quantitative estimate of drug-likeness (QED) is 0.645. The van der Waals surface area contributed by atoms with Crippen molar-refractivity contribution in [1.29, 1.82) is 0 Å². The summed E-state index contributed by atoms with van der Waals surface area (Å²) >= 11 is 5.35. The van der Waals surface area contributed by atoms with Crippen molar-refractivity contribution in [2.45, 2.75) is 0 Å². The molecule has 2 heteroatoms. The zero-order valence-corrected chi connectivity index (χ0v) is 6.23. The first-order valence-corrected chi connectivity index (χ1v) is 3.34. The third-order valence-electron chi connectivity index (χ3n) is 1.26. The van der Waals surface area contributed by atoms with Crippen molar-refractivity contribution in [1.82, 2.24) is 0 Å². The highest BCUT2D eigenvalue weighted by Gasteiger charge is 1.86. The number of anilines is 1. The lowest BCUT2D eigenvalue weighted by molar-refractivity contribution is 1.64. The van der Waals surface area contributed by atoms with Crippen molar-refractivity contribution in [2.75, 3.05) is 4.84 Å². The molecule has 0 aliphatic heterocycles. The molecule has 52 valence electrons. The molecular weight excluding hydrogens is 146 g/mol. The molecule has 0 saturated carbocycles. The van der Waals surface area contributed by atoms with E-state index in [4.69, 9.17) is 11.8 Å². The second-order valence-electron chi connectivity index (χ2n) is 1.92. The molecule has 0 aliphatic rings. The molecule has 1 rings (SSSR count). The van der Waals surface area contributed by atoms with E-state index in [0.29, 0.717) is 0 Å². The minimum absolute atomic E-state index is 0.896. The second kappa shape index (κ2) is 3.28. The van der Waals surface area contributed by atoms with Crippen LogP contribution in [-0.2, 0) is 0 Å². The molecule has 0 radical (unpaired) electrons. The molecule has 1 aromatic rings. The van der Waals surface area contributed by atoms with E-state index >= 15 is 0 Å². The summed E-state index contributed by atoms with van der Waals surface area (Å²) in [5, 5.41) is 0. The van der Waals surface area contributed by atoms with Gasteiger partial charge < -0.3 is 0 Å². The van der Waals surface area contributed by atoms with Gasteiger partial charge in [-0.2, -0.15) is 0 Å². The van der Waals surface area contributed by atoms with E-state index in [1.165, 1.54) is 0 Å². The van der Waals surface area contributed by atoms with Gasteiger partial charge in [-0.3, -0.25) is 4.84 Å². The summed E-state index contributed by atoms with van der Waals surface area (Å²) in [7, 11) is 0. The molecule has 0 fully saturated rings. The second-order valence-corrected chi connectivity index (χ2v) is 2.11. The fraction of sp³-hybridized carbons (Fsp3) is 0. The molecule has 0 bridgehead atoms. The molecule has 1 nitrogen and oxygen atoms in total. The number of halogens is 1. The molecule has 0 saturated heterocycles. The van der Waals surface area contributed by atoms with Gasteiger partial charge in [-0.15, -0.1) is 0 Å². The van der Waals surface area contributed by atoms with E-state index in [0.717, 1.165) is 11.3 Å². The summed E-state index contributed by atoms with van der Waals surface area (Å²) in [6.07, 6.45) is 1.79. The predicted octanol–water partition coefficient (Wildman–Crippen LogP) is 2.90. The van der Waals surface area contributed by atoms with Crippen LogP contribution in [0, 0.1) is 0 Å². The minimum atomic E-state index is 0.896. The number of benzene rings is 1. The smallest absolute Gasteiger partial charge is 0.0492 e. The number of hydrogen-bond donors (Lipinski definition) is 1. The highest BCUT2D eigenvalue weighted by Crippen LogP contribution is 2.10. The molecule has 0 spiro atoms. The summed E-state index contributed by atoms with van der Waals surface area (Å²) in [5.41, 5.74) is 1.99. The van der Waals surface area contributed by atoms with Crippen LogP contribution < -0.4 is 4.84 Å². The Balaban J connectivity index is 2.90. The van der Waals surface area contributed by atoms with Crippen LogP contribution in [0.1, 0.15) is 5.56 Å². The van der Waals surface area contributed by atoms with Gasteiger partial charge in [0.05, 0.1) is 0 Å². The Labute approximate surface area is 65.4 Å². The molecular formula is C8H8ClN. The Morgan fingerprint density at radius 2 is 1.90 bits per heavy atom. The van der Waals surface area contributed by atoms with Crippen molar-refractivity contribution in [3.05, 3.63) is 36.4 Å². The van der Waals surface area contributed by atoms with Crippen molar-refractivity contribution in [3.63, 3.8) is 0 Å². The average molecular weight is 154 g/mol. The Morgan fingerprint density at radius 3 is 2.30 bits per heavy atom. The predicted molar refractivity (Wildman–Crippen MR) is 46.0 cm³/mol. The lowest BCUT2D eigenvalue weighted by Crippen LogP contribution is -1.78. The molecule has 1 N–H and O–H groups in total. The van der Waals surface area contributed by atoms with Crippen LogP contribution in [0.2, 0.25) is 0 Å². The van der Waals surface area contributed by atoms with E-state index in [9.17, 15) is 0 Å². The summed E-state index contributed by atoms with van der Waals surface area (Å²) in [4.78, 5) is 2.52. The Bertz CT molecular complexity index is 215. The van der Waals surface area contributed by atoms with E-state index in [-0.39, 0.29) is 0 Å². The zero-order valence-electron chi connectivity index (χ0n) is 5.47. The molecule has 0 unspecified atom stereocenters. The monoisotopic (exact) mass is 153 g/mol. The van der Waals surface area contributed by atoms with Crippen LogP contribution in [-0.4, -0.2) is 0 Å². The molecule has 0 heterocycles. The number of hydrogen-bond acceptors (Lipinski definition) is 1. The van der Waals surface area contributed by atoms with Gasteiger partial charge in [-0.1, -0.05) is 24.8 Å². The van der Waals surface area contributed by atoms with Crippen LogP contribution in [0.25, 0.3) is 6.08 Å². The highest BCUT2D eigenvalue weighted by molar-refractivity contribution is 6.23. The van der Waals surface area contributed by atoms with Crippen molar-refractivity contribution in [2.24, 2.45) is 0 Å². The molecule has 0 amide bonds. The van der Waals surface area contributed by atoms with E-state index in [1.807, 2.05) is 24.3 Å². The van der Waals surface area contributed by atoms with Crippen molar-refractivity contribution in [3.8, 4) is 0 Å². The van der Waals surface area contributed by atoms with Gasteiger partial charge in [0.15, 0.2) is 0 Å². The first kappa shape index (κ1) is 7.16. The molecule has 0 aliphatic carbocycles. The summed E-state index contributed by atoms with van der Waals surface area (Å²) < 4.78 is 0. The largest absolute Gasteiger partial charge is 0.299 e. The maximum Gasteiger partial charge on any atom is 0.0492 e. The summed E-state index contributed by atoms with van der Waals surface area (Å²) in [6, 6.07) is 7.67. The first-order valence-electron chi connectivity index (χ1n) is 2.96. The Hall–Kier alpha value is -0.950. The Kier molecular flexibility index (Phi) is 2.35. The third kappa shape index (κ3) is 1.52. The van der Waals surface area contributed by atoms with Gasteiger partial charge in [0.1, 0.15) is 0 Å². The highest BCUT2D eigenvalue weighted by atomic mass is 35.5. The fourth-order valence-electron chi connectivity index (χ4n) is 0.682. The molecule has 1 aromatic carbocycles. The van der Waals surface area contributed by atoms with Crippen molar-refractivity contribution >= 4 is 23.5 Å². The van der Waals surface area contributed by atoms with Crippen LogP contribution in [0.5, 0.6) is 0 Å². The summed E-state index contributed by atoms with van der Waals surface area (Å²) in [6.45, 7) is 3.63. The third-order valence-corrected chi connectivity index (χ3v) is 1.47. The lowest BCUT2D eigenvalue weighted by atomic mass is 10.2. The fourth-order valence-corrected chi connectivity index (χ4v) is 0.808. The minimum Gasteiger partial charge on any atom is -0.299 e. The van der Waals surface area contributed by atoms with E-state index in [2.05, 4.69) is 11.4 Å². The lowest BCUT2D eigenvalue weighted by Gasteiger charge is -1.96. The number of rotatable bonds is 2. The van der Waals surface area contributed by atoms with Crippen LogP contribution >= 0.6 is 11.8 Å². The van der Waals surface area contributed by atoms with Gasteiger partial charge in [0.25, 0.3) is 0 Å². The topological polar surface area (TPSA) is 12.0 Å². The van der Waals surface area contributed by atoms with Gasteiger partial charge in [-0.05, 0) is 17.7 Å². The summed E-state index contributed by atoms with van der Waals surface area (Å²) in [5.74, 6) is 0. The van der Waals surface area contributed by atoms with Crippen LogP contribution in [0.4, 0.5) is 5.69 Å². The maximum absolute atomic E-state index is 5.35. The van der Waals surface area contributed by atoms with Crippen molar-refractivity contribution < 1.29 is 0 Å². The van der Waals surface area contributed by atoms with Crippen LogP contribution in [0.3, 0.4) is 0 Å². The number of nitrogens with one attached hydrogen (secondary N) is 1. The van der Waals surface area contributed by atoms with Gasteiger partial charge >= 0.3 is 0 Å². The maximum atomic E-state index is 5.35. The standard InChI is InChI=1S/C8H8ClN/c1-2-7-3-5-8(10-9)6-4-7/h2-6,10H,1H2. The molecule has 10 heavy (non-hydrogen) atoms. The van der Waals surface area contributed by atoms with Gasteiger partial charge in [0, 0.05) is 17.5 Å². The average Bonchev–Trinajstić information content (AvgIpc) is 2.05. The normalized spacial score (nSPS) is 8.90. The first-order chi connectivity index (χ1) is 4.86. The Morgan fingerprint density at radius 1 is 1.30 bits per heavy atom. The molecule has 0 aromatic heterocycles.